The van der Waals surface area contributed by atoms with Crippen molar-refractivity contribution < 1.29 is 14.2 Å². The van der Waals surface area contributed by atoms with E-state index in [9.17, 15) is 9.50 Å². The predicted molar refractivity (Wildman–Crippen MR) is 79.0 cm³/mol. The fourth-order valence-electron chi connectivity index (χ4n) is 1.71. The Morgan fingerprint density at radius 2 is 2.00 bits per heavy atom. The Labute approximate surface area is 121 Å². The second-order valence-corrected chi connectivity index (χ2v) is 6.28. The molecular formula is C16H26FNO2. The molecule has 0 heterocycles. The molecule has 3 nitrogen and oxygen atoms in total. The van der Waals surface area contributed by atoms with E-state index in [1.165, 1.54) is 6.07 Å². The number of hydrogen-bond acceptors (Lipinski definition) is 3. The summed E-state index contributed by atoms with van der Waals surface area (Å²) in [4.78, 5) is 0. The van der Waals surface area contributed by atoms with Gasteiger partial charge < -0.3 is 15.2 Å². The topological polar surface area (TPSA) is 41.5 Å². The van der Waals surface area contributed by atoms with Crippen LogP contribution in [0, 0.1) is 11.2 Å². The van der Waals surface area contributed by atoms with Crippen molar-refractivity contribution >= 4 is 0 Å². The van der Waals surface area contributed by atoms with Crippen molar-refractivity contribution in [1.82, 2.24) is 5.32 Å². The molecule has 0 aliphatic rings. The highest BCUT2D eigenvalue weighted by atomic mass is 19.1. The van der Waals surface area contributed by atoms with Gasteiger partial charge in [0.2, 0.25) is 0 Å². The third-order valence-electron chi connectivity index (χ3n) is 2.96. The van der Waals surface area contributed by atoms with E-state index in [0.717, 1.165) is 13.0 Å². The fraction of sp³-hybridized carbons (Fsp3) is 0.625. The average Bonchev–Trinajstić information content (AvgIpc) is 2.36. The third-order valence-corrected chi connectivity index (χ3v) is 2.96. The van der Waals surface area contributed by atoms with Crippen LogP contribution in [0.4, 0.5) is 4.39 Å². The maximum atomic E-state index is 13.3. The molecule has 1 atom stereocenters. The van der Waals surface area contributed by atoms with Crippen LogP contribution in [-0.4, -0.2) is 30.9 Å². The van der Waals surface area contributed by atoms with Gasteiger partial charge in [-0.3, -0.25) is 0 Å². The summed E-state index contributed by atoms with van der Waals surface area (Å²) in [6, 6.07) is 6.51. The van der Waals surface area contributed by atoms with Gasteiger partial charge in [0, 0.05) is 12.1 Å². The molecule has 1 rings (SSSR count). The Bertz CT molecular complexity index is 390. The van der Waals surface area contributed by atoms with Gasteiger partial charge in [0.25, 0.3) is 0 Å². The van der Waals surface area contributed by atoms with Crippen LogP contribution >= 0.6 is 0 Å². The van der Waals surface area contributed by atoms with Gasteiger partial charge in [-0.1, -0.05) is 39.0 Å². The van der Waals surface area contributed by atoms with Gasteiger partial charge in [0.05, 0.1) is 19.3 Å². The Balaban J connectivity index is 2.11. The Kier molecular flexibility index (Phi) is 7.13. The van der Waals surface area contributed by atoms with Crippen LogP contribution in [0.25, 0.3) is 0 Å². The maximum absolute atomic E-state index is 13.3. The second kappa shape index (κ2) is 8.35. The Morgan fingerprint density at radius 3 is 2.65 bits per heavy atom. The van der Waals surface area contributed by atoms with E-state index in [1.54, 1.807) is 18.2 Å². The molecule has 0 aliphatic carbocycles. The van der Waals surface area contributed by atoms with E-state index in [1.807, 2.05) is 0 Å². The van der Waals surface area contributed by atoms with Crippen LogP contribution in [0.3, 0.4) is 0 Å². The van der Waals surface area contributed by atoms with Crippen molar-refractivity contribution in [2.75, 3.05) is 19.7 Å². The lowest BCUT2D eigenvalue weighted by Gasteiger charge is -2.19. The molecule has 0 amide bonds. The summed E-state index contributed by atoms with van der Waals surface area (Å²) in [5.41, 5.74) is 0.805. The Morgan fingerprint density at radius 1 is 1.30 bits per heavy atom. The minimum atomic E-state index is -0.568. The zero-order valence-electron chi connectivity index (χ0n) is 12.7. The van der Waals surface area contributed by atoms with Crippen molar-refractivity contribution in [3.05, 3.63) is 35.6 Å². The van der Waals surface area contributed by atoms with Crippen molar-refractivity contribution in [3.63, 3.8) is 0 Å². The molecule has 1 aromatic rings. The average molecular weight is 283 g/mol. The molecule has 0 aliphatic heterocycles. The molecule has 0 saturated carbocycles. The molecule has 20 heavy (non-hydrogen) atoms. The van der Waals surface area contributed by atoms with Crippen LogP contribution in [0.2, 0.25) is 0 Å². The fourth-order valence-corrected chi connectivity index (χ4v) is 1.71. The highest BCUT2D eigenvalue weighted by Crippen LogP contribution is 2.16. The van der Waals surface area contributed by atoms with Crippen molar-refractivity contribution in [1.29, 1.82) is 0 Å². The molecule has 4 heteroatoms. The molecule has 0 spiro atoms. The zero-order chi connectivity index (χ0) is 15.0. The summed E-state index contributed by atoms with van der Waals surface area (Å²) in [7, 11) is 0. The standard InChI is InChI=1S/C16H26FNO2/c1-16(2,3)8-9-18-10-14(19)12-20-11-13-6-4-5-7-15(13)17/h4-7,14,18-19H,8-12H2,1-3H3. The normalized spacial score (nSPS) is 13.4. The monoisotopic (exact) mass is 283 g/mol. The van der Waals surface area contributed by atoms with Crippen LogP contribution in [0.5, 0.6) is 0 Å². The van der Waals surface area contributed by atoms with E-state index < -0.39 is 6.10 Å². The van der Waals surface area contributed by atoms with Gasteiger partial charge >= 0.3 is 0 Å². The minimum Gasteiger partial charge on any atom is -0.389 e. The van der Waals surface area contributed by atoms with E-state index >= 15 is 0 Å². The Hall–Kier alpha value is -0.970. The SMILES string of the molecule is CC(C)(C)CCNCC(O)COCc1ccccc1F. The first-order chi connectivity index (χ1) is 9.38. The lowest BCUT2D eigenvalue weighted by atomic mass is 9.92. The molecular weight excluding hydrogens is 257 g/mol. The molecule has 0 fully saturated rings. The maximum Gasteiger partial charge on any atom is 0.128 e. The lowest BCUT2D eigenvalue weighted by molar-refractivity contribution is 0.0277. The van der Waals surface area contributed by atoms with E-state index in [2.05, 4.69) is 26.1 Å². The number of aliphatic hydroxyl groups is 1. The lowest BCUT2D eigenvalue weighted by Crippen LogP contribution is -2.32. The smallest absolute Gasteiger partial charge is 0.128 e. The molecule has 0 radical (unpaired) electrons. The van der Waals surface area contributed by atoms with Crippen LogP contribution in [-0.2, 0) is 11.3 Å². The number of hydrogen-bond donors (Lipinski definition) is 2. The van der Waals surface area contributed by atoms with E-state index in [4.69, 9.17) is 4.74 Å². The molecule has 1 unspecified atom stereocenters. The first-order valence-corrected chi connectivity index (χ1v) is 7.08. The summed E-state index contributed by atoms with van der Waals surface area (Å²) in [5, 5.41) is 12.9. The van der Waals surface area contributed by atoms with Gasteiger partial charge in [-0.15, -0.1) is 0 Å². The number of benzene rings is 1. The van der Waals surface area contributed by atoms with Gasteiger partial charge in [-0.05, 0) is 24.4 Å². The van der Waals surface area contributed by atoms with E-state index in [0.29, 0.717) is 17.5 Å². The molecule has 2 N–H and O–H groups in total. The molecule has 1 aromatic carbocycles. The van der Waals surface area contributed by atoms with Gasteiger partial charge in [0.1, 0.15) is 5.82 Å². The van der Waals surface area contributed by atoms with Gasteiger partial charge in [-0.25, -0.2) is 4.39 Å². The van der Waals surface area contributed by atoms with Crippen LogP contribution < -0.4 is 5.32 Å². The third kappa shape index (κ3) is 7.58. The number of halogens is 1. The quantitative estimate of drug-likeness (QED) is 0.721. The molecule has 0 aromatic heterocycles. The van der Waals surface area contributed by atoms with Gasteiger partial charge in [-0.2, -0.15) is 0 Å². The minimum absolute atomic E-state index is 0.186. The van der Waals surface area contributed by atoms with Crippen LogP contribution in [0.1, 0.15) is 32.8 Å². The predicted octanol–water partition coefficient (Wildman–Crippen LogP) is 2.73. The summed E-state index contributed by atoms with van der Waals surface area (Å²) < 4.78 is 18.6. The molecule has 0 bridgehead atoms. The van der Waals surface area contributed by atoms with Crippen molar-refractivity contribution in [2.24, 2.45) is 5.41 Å². The largest absolute Gasteiger partial charge is 0.389 e. The number of aliphatic hydroxyl groups excluding tert-OH is 1. The zero-order valence-corrected chi connectivity index (χ0v) is 12.7. The summed E-state index contributed by atoms with van der Waals surface area (Å²) >= 11 is 0. The first-order valence-electron chi connectivity index (χ1n) is 7.08. The number of nitrogens with one attached hydrogen (secondary N) is 1. The van der Waals surface area contributed by atoms with E-state index in [-0.39, 0.29) is 19.0 Å². The highest BCUT2D eigenvalue weighted by molar-refractivity contribution is 5.16. The first kappa shape index (κ1) is 17.1. The molecule has 0 saturated heterocycles. The van der Waals surface area contributed by atoms with Gasteiger partial charge in [0.15, 0.2) is 0 Å². The summed E-state index contributed by atoms with van der Waals surface area (Å²) in [5.74, 6) is -0.273. The van der Waals surface area contributed by atoms with Crippen LogP contribution in [0.15, 0.2) is 24.3 Å². The van der Waals surface area contributed by atoms with Crippen molar-refractivity contribution in [2.45, 2.75) is 39.9 Å². The molecule has 114 valence electrons. The second-order valence-electron chi connectivity index (χ2n) is 6.28. The van der Waals surface area contributed by atoms with Crippen molar-refractivity contribution in [3.8, 4) is 0 Å². The highest BCUT2D eigenvalue weighted by Gasteiger charge is 2.10. The summed E-state index contributed by atoms with van der Waals surface area (Å²) in [6.45, 7) is 8.30. The summed E-state index contributed by atoms with van der Waals surface area (Å²) in [6.07, 6.45) is 0.484. The number of ether oxygens (including phenoxy) is 1. The number of rotatable bonds is 8.